The van der Waals surface area contributed by atoms with E-state index >= 15 is 0 Å². The van der Waals surface area contributed by atoms with Crippen molar-refractivity contribution in [3.05, 3.63) is 0 Å². The van der Waals surface area contributed by atoms with E-state index in [0.717, 1.165) is 0 Å². The Balaban J connectivity index is 4.20. The second-order valence-electron chi connectivity index (χ2n) is 3.95. The third-order valence-electron chi connectivity index (χ3n) is 2.31. The van der Waals surface area contributed by atoms with E-state index in [0.29, 0.717) is 0 Å². The van der Waals surface area contributed by atoms with Crippen LogP contribution in [0.3, 0.4) is 0 Å². The van der Waals surface area contributed by atoms with Gasteiger partial charge in [-0.05, 0) is 12.8 Å². The van der Waals surface area contributed by atoms with Crippen LogP contribution in [0.5, 0.6) is 0 Å². The van der Waals surface area contributed by atoms with Crippen molar-refractivity contribution >= 4 is 23.8 Å². The summed E-state index contributed by atoms with van der Waals surface area (Å²) >= 11 is 0. The molecule has 0 rings (SSSR count). The van der Waals surface area contributed by atoms with Gasteiger partial charge in [0.25, 0.3) is 0 Å². The molecule has 0 bridgehead atoms. The molecule has 0 heterocycles. The zero-order chi connectivity index (χ0) is 15.0. The minimum Gasteiger partial charge on any atom is -0.480 e. The lowest BCUT2D eigenvalue weighted by atomic mass is 10.1. The Morgan fingerprint density at radius 3 is 2.00 bits per heavy atom. The van der Waals surface area contributed by atoms with Gasteiger partial charge in [-0.15, -0.1) is 0 Å². The monoisotopic (exact) mass is 275 g/mol. The van der Waals surface area contributed by atoms with Crippen molar-refractivity contribution < 1.29 is 29.4 Å². The van der Waals surface area contributed by atoms with Crippen molar-refractivity contribution in [1.29, 1.82) is 0 Å². The lowest BCUT2D eigenvalue weighted by Gasteiger charge is -2.14. The maximum atomic E-state index is 11.4. The van der Waals surface area contributed by atoms with E-state index in [2.05, 4.69) is 5.32 Å². The molecule has 0 radical (unpaired) electrons. The Morgan fingerprint density at radius 1 is 1.00 bits per heavy atom. The van der Waals surface area contributed by atoms with Gasteiger partial charge >= 0.3 is 11.9 Å². The highest BCUT2D eigenvalue weighted by Crippen LogP contribution is 2.00. The quantitative estimate of drug-likeness (QED) is 0.324. The average Bonchev–Trinajstić information content (AvgIpc) is 2.30. The normalized spacial score (nSPS) is 13.3. The summed E-state index contributed by atoms with van der Waals surface area (Å²) in [4.78, 5) is 43.2. The Kier molecular flexibility index (Phi) is 7.12. The number of primary amides is 1. The number of carboxylic acid groups (broad SMARTS) is 2. The summed E-state index contributed by atoms with van der Waals surface area (Å²) in [7, 11) is 0. The molecule has 0 saturated heterocycles. The highest BCUT2D eigenvalue weighted by Gasteiger charge is 2.21. The van der Waals surface area contributed by atoms with Crippen LogP contribution in [-0.4, -0.2) is 46.0 Å². The molecule has 1 unspecified atom stereocenters. The molecule has 0 saturated carbocycles. The summed E-state index contributed by atoms with van der Waals surface area (Å²) in [6.45, 7) is 0. The van der Waals surface area contributed by atoms with Gasteiger partial charge in [0.05, 0.1) is 0 Å². The summed E-state index contributed by atoms with van der Waals surface area (Å²) in [6, 6.07) is -2.42. The maximum Gasteiger partial charge on any atom is 0.326 e. The molecular weight excluding hydrogens is 258 g/mol. The van der Waals surface area contributed by atoms with Crippen LogP contribution in [0.1, 0.15) is 25.7 Å². The van der Waals surface area contributed by atoms with E-state index in [1.807, 2.05) is 0 Å². The molecule has 0 aromatic carbocycles. The zero-order valence-electron chi connectivity index (χ0n) is 10.2. The van der Waals surface area contributed by atoms with Gasteiger partial charge in [0, 0.05) is 12.8 Å². The fourth-order valence-corrected chi connectivity index (χ4v) is 1.22. The molecule has 19 heavy (non-hydrogen) atoms. The van der Waals surface area contributed by atoms with Crippen LogP contribution in [-0.2, 0) is 19.2 Å². The van der Waals surface area contributed by atoms with Crippen LogP contribution < -0.4 is 16.8 Å². The van der Waals surface area contributed by atoms with Crippen molar-refractivity contribution in [2.24, 2.45) is 11.5 Å². The summed E-state index contributed by atoms with van der Waals surface area (Å²) in [5.41, 5.74) is 10.1. The molecular formula is C10H17N3O6. The number of amides is 2. The number of carboxylic acids is 2. The van der Waals surface area contributed by atoms with Gasteiger partial charge in [-0.3, -0.25) is 14.4 Å². The van der Waals surface area contributed by atoms with E-state index in [1.54, 1.807) is 0 Å². The predicted octanol–water partition coefficient (Wildman–Crippen LogP) is -1.99. The van der Waals surface area contributed by atoms with E-state index in [1.165, 1.54) is 0 Å². The van der Waals surface area contributed by atoms with Crippen LogP contribution in [0.2, 0.25) is 0 Å². The first-order valence-electron chi connectivity index (χ1n) is 5.53. The standard InChI is InChI=1S/C10H17N3O6/c11-5(9(16)17)1-4-8(15)13-6(10(18)19)2-3-7(12)14/h5-6H,1-4,11H2,(H2,12,14)(H,13,15)(H,16,17)(H,18,19)/t5-,6?/m0/s1. The molecule has 9 nitrogen and oxygen atoms in total. The Bertz CT molecular complexity index is 370. The Morgan fingerprint density at radius 2 is 1.58 bits per heavy atom. The number of hydrogen-bond donors (Lipinski definition) is 5. The summed E-state index contributed by atoms with van der Waals surface area (Å²) < 4.78 is 0. The molecule has 0 aliphatic rings. The van der Waals surface area contributed by atoms with E-state index < -0.39 is 35.8 Å². The molecule has 2 atom stereocenters. The molecule has 7 N–H and O–H groups in total. The van der Waals surface area contributed by atoms with E-state index in [9.17, 15) is 19.2 Å². The van der Waals surface area contributed by atoms with Gasteiger partial charge in [-0.1, -0.05) is 0 Å². The zero-order valence-corrected chi connectivity index (χ0v) is 10.2. The van der Waals surface area contributed by atoms with E-state index in [-0.39, 0.29) is 25.7 Å². The van der Waals surface area contributed by atoms with E-state index in [4.69, 9.17) is 21.7 Å². The second-order valence-corrected chi connectivity index (χ2v) is 3.95. The molecule has 0 aromatic rings. The smallest absolute Gasteiger partial charge is 0.326 e. The minimum atomic E-state index is -1.29. The van der Waals surface area contributed by atoms with Crippen molar-refractivity contribution in [3.8, 4) is 0 Å². The number of nitrogens with two attached hydrogens (primary N) is 2. The molecule has 108 valence electrons. The highest BCUT2D eigenvalue weighted by molar-refractivity contribution is 5.84. The number of carbonyl (C=O) groups excluding carboxylic acids is 2. The summed E-state index contributed by atoms with van der Waals surface area (Å²) in [6.07, 6.45) is -0.621. The molecule has 0 spiro atoms. The predicted molar refractivity (Wildman–Crippen MR) is 62.8 cm³/mol. The second kappa shape index (κ2) is 8.03. The van der Waals surface area contributed by atoms with Crippen molar-refractivity contribution in [3.63, 3.8) is 0 Å². The third kappa shape index (κ3) is 7.71. The first kappa shape index (κ1) is 16.8. The van der Waals surface area contributed by atoms with Crippen molar-refractivity contribution in [2.45, 2.75) is 37.8 Å². The molecule has 0 aliphatic heterocycles. The largest absolute Gasteiger partial charge is 0.480 e. The average molecular weight is 275 g/mol. The van der Waals surface area contributed by atoms with Crippen LogP contribution in [0.15, 0.2) is 0 Å². The number of carbonyl (C=O) groups is 4. The fourth-order valence-electron chi connectivity index (χ4n) is 1.22. The van der Waals surface area contributed by atoms with Crippen LogP contribution >= 0.6 is 0 Å². The minimum absolute atomic E-state index is 0.108. The highest BCUT2D eigenvalue weighted by atomic mass is 16.4. The summed E-state index contributed by atoms with van der Waals surface area (Å²) in [5.74, 6) is -3.85. The summed E-state index contributed by atoms with van der Waals surface area (Å²) in [5, 5.41) is 19.5. The molecule has 9 heteroatoms. The molecule has 0 aromatic heterocycles. The molecule has 2 amide bonds. The van der Waals surface area contributed by atoms with Gasteiger partial charge < -0.3 is 27.0 Å². The van der Waals surface area contributed by atoms with Crippen molar-refractivity contribution in [2.75, 3.05) is 0 Å². The lowest BCUT2D eigenvalue weighted by Crippen LogP contribution is -2.42. The van der Waals surface area contributed by atoms with Crippen LogP contribution in [0.25, 0.3) is 0 Å². The molecule has 0 aliphatic carbocycles. The first-order chi connectivity index (χ1) is 8.73. The number of nitrogens with one attached hydrogen (secondary N) is 1. The van der Waals surface area contributed by atoms with Crippen molar-refractivity contribution in [1.82, 2.24) is 5.32 Å². The topological polar surface area (TPSA) is 173 Å². The maximum absolute atomic E-state index is 11.4. The van der Waals surface area contributed by atoms with Crippen LogP contribution in [0, 0.1) is 0 Å². The SMILES string of the molecule is NC(=O)CCC(NC(=O)CC[C@H](N)C(=O)O)C(=O)O. The lowest BCUT2D eigenvalue weighted by molar-refractivity contribution is -0.142. The van der Waals surface area contributed by atoms with Gasteiger partial charge in [0.1, 0.15) is 12.1 Å². The van der Waals surface area contributed by atoms with Crippen LogP contribution in [0.4, 0.5) is 0 Å². The number of rotatable bonds is 9. The van der Waals surface area contributed by atoms with Gasteiger partial charge in [0.2, 0.25) is 11.8 Å². The first-order valence-corrected chi connectivity index (χ1v) is 5.53. The number of hydrogen-bond acceptors (Lipinski definition) is 5. The Labute approximate surface area is 108 Å². The van der Waals surface area contributed by atoms with Gasteiger partial charge in [0.15, 0.2) is 0 Å². The third-order valence-corrected chi connectivity index (χ3v) is 2.31. The number of aliphatic carboxylic acids is 2. The Hall–Kier alpha value is -2.16. The van der Waals surface area contributed by atoms with Gasteiger partial charge in [-0.2, -0.15) is 0 Å². The molecule has 0 fully saturated rings. The fraction of sp³-hybridized carbons (Fsp3) is 0.600. The van der Waals surface area contributed by atoms with Gasteiger partial charge in [-0.25, -0.2) is 4.79 Å².